The second-order valence-corrected chi connectivity index (χ2v) is 8.84. The number of rotatable bonds is 5. The molecule has 0 aliphatic heterocycles. The Balaban J connectivity index is 1.85. The molecule has 0 atom stereocenters. The smallest absolute Gasteiger partial charge is 0.238 e. The number of oxazole rings is 1. The predicted octanol–water partition coefficient (Wildman–Crippen LogP) is 5.67. The van der Waals surface area contributed by atoms with Crippen LogP contribution >= 0.6 is 0 Å². The topological polar surface area (TPSA) is 72.2 Å². The maximum Gasteiger partial charge on any atom is 0.238 e. The van der Waals surface area contributed by atoms with E-state index in [-0.39, 0.29) is 21.7 Å². The van der Waals surface area contributed by atoms with Crippen LogP contribution in [0, 0.1) is 19.7 Å². The maximum atomic E-state index is 13.3. The van der Waals surface area contributed by atoms with E-state index < -0.39 is 15.7 Å². The molecular weight excluding hydrogens is 403 g/mol. The van der Waals surface area contributed by atoms with E-state index in [0.29, 0.717) is 11.3 Å². The molecule has 0 spiro atoms. The molecule has 1 N–H and O–H groups in total. The van der Waals surface area contributed by atoms with E-state index in [9.17, 15) is 12.8 Å². The Morgan fingerprint density at radius 2 is 1.53 bits per heavy atom. The first-order chi connectivity index (χ1) is 14.3. The van der Waals surface area contributed by atoms with Gasteiger partial charge in [0.2, 0.25) is 26.6 Å². The normalized spacial score (nSPS) is 11.4. The lowest BCUT2D eigenvalue weighted by molar-refractivity contribution is 0.581. The van der Waals surface area contributed by atoms with Crippen LogP contribution in [0.5, 0.6) is 0 Å². The highest BCUT2D eigenvalue weighted by atomic mass is 32.2. The summed E-state index contributed by atoms with van der Waals surface area (Å²) in [6, 6.07) is 19.3. The molecule has 0 bridgehead atoms. The van der Waals surface area contributed by atoms with Gasteiger partial charge in [0.1, 0.15) is 5.82 Å². The molecular formula is C23H19FN2O3S. The van der Waals surface area contributed by atoms with Gasteiger partial charge in [-0.1, -0.05) is 24.3 Å². The SMILES string of the molecule is Cc1cc(C)cc(Nc2oc(-c3ccc(F)cc3)nc2S(=O)(=O)c2ccccc2)c1. The zero-order valence-electron chi connectivity index (χ0n) is 16.4. The third-order valence-corrected chi connectivity index (χ3v) is 6.15. The molecule has 3 aromatic carbocycles. The Morgan fingerprint density at radius 1 is 0.900 bits per heavy atom. The highest BCUT2D eigenvalue weighted by Gasteiger charge is 2.28. The van der Waals surface area contributed by atoms with Crippen LogP contribution in [0.4, 0.5) is 16.0 Å². The Hall–Kier alpha value is -3.45. The molecule has 0 fully saturated rings. The zero-order chi connectivity index (χ0) is 21.3. The van der Waals surface area contributed by atoms with E-state index in [4.69, 9.17) is 4.42 Å². The molecule has 0 amide bonds. The van der Waals surface area contributed by atoms with E-state index in [1.54, 1.807) is 18.2 Å². The Morgan fingerprint density at radius 3 is 2.17 bits per heavy atom. The van der Waals surface area contributed by atoms with E-state index in [1.165, 1.54) is 36.4 Å². The van der Waals surface area contributed by atoms with E-state index in [1.807, 2.05) is 32.0 Å². The summed E-state index contributed by atoms with van der Waals surface area (Å²) in [6.07, 6.45) is 0. The monoisotopic (exact) mass is 422 g/mol. The molecule has 30 heavy (non-hydrogen) atoms. The largest absolute Gasteiger partial charge is 0.419 e. The van der Waals surface area contributed by atoms with Crippen molar-refractivity contribution < 1.29 is 17.2 Å². The molecule has 0 aliphatic carbocycles. The summed E-state index contributed by atoms with van der Waals surface area (Å²) >= 11 is 0. The molecule has 0 aliphatic rings. The summed E-state index contributed by atoms with van der Waals surface area (Å²) in [5.41, 5.74) is 3.18. The van der Waals surface area contributed by atoms with Gasteiger partial charge in [0.25, 0.3) is 0 Å². The Kier molecular flexibility index (Phi) is 5.13. The van der Waals surface area contributed by atoms with E-state index in [2.05, 4.69) is 10.3 Å². The molecule has 0 saturated heterocycles. The minimum atomic E-state index is -3.95. The van der Waals surface area contributed by atoms with Crippen molar-refractivity contribution in [3.63, 3.8) is 0 Å². The Labute approximate surface area is 174 Å². The molecule has 0 radical (unpaired) electrons. The van der Waals surface area contributed by atoms with Crippen molar-refractivity contribution in [1.82, 2.24) is 4.98 Å². The maximum absolute atomic E-state index is 13.3. The summed E-state index contributed by atoms with van der Waals surface area (Å²) in [7, 11) is -3.95. The van der Waals surface area contributed by atoms with Crippen molar-refractivity contribution in [2.75, 3.05) is 5.32 Å². The van der Waals surface area contributed by atoms with Crippen LogP contribution in [0.1, 0.15) is 11.1 Å². The van der Waals surface area contributed by atoms with Crippen molar-refractivity contribution in [1.29, 1.82) is 0 Å². The van der Waals surface area contributed by atoms with Crippen molar-refractivity contribution in [3.8, 4) is 11.5 Å². The number of anilines is 2. The van der Waals surface area contributed by atoms with Gasteiger partial charge in [-0.25, -0.2) is 12.8 Å². The summed E-state index contributed by atoms with van der Waals surface area (Å²) in [5, 5.41) is 2.82. The predicted molar refractivity (Wildman–Crippen MR) is 113 cm³/mol. The summed E-state index contributed by atoms with van der Waals surface area (Å²) in [6.45, 7) is 3.90. The van der Waals surface area contributed by atoms with E-state index in [0.717, 1.165) is 11.1 Å². The van der Waals surface area contributed by atoms with Gasteiger partial charge < -0.3 is 9.73 Å². The zero-order valence-corrected chi connectivity index (χ0v) is 17.2. The van der Waals surface area contributed by atoms with Crippen molar-refractivity contribution in [2.24, 2.45) is 0 Å². The fourth-order valence-electron chi connectivity index (χ4n) is 3.17. The van der Waals surface area contributed by atoms with Crippen LogP contribution in [-0.4, -0.2) is 13.4 Å². The number of halogens is 1. The van der Waals surface area contributed by atoms with Crippen molar-refractivity contribution >= 4 is 21.4 Å². The first-order valence-electron chi connectivity index (χ1n) is 9.25. The first-order valence-corrected chi connectivity index (χ1v) is 10.7. The summed E-state index contributed by atoms with van der Waals surface area (Å²) < 4.78 is 45.6. The van der Waals surface area contributed by atoms with Gasteiger partial charge in [-0.2, -0.15) is 4.98 Å². The number of aromatic nitrogens is 1. The highest BCUT2D eigenvalue weighted by Crippen LogP contribution is 2.34. The standard InChI is InChI=1S/C23H19FN2O3S/c1-15-12-16(2)14-19(13-15)25-22-23(30(27,28)20-6-4-3-5-7-20)26-21(29-22)17-8-10-18(24)11-9-17/h3-14,25H,1-2H3. The average molecular weight is 422 g/mol. The van der Waals surface area contributed by atoms with Gasteiger partial charge >= 0.3 is 0 Å². The van der Waals surface area contributed by atoms with Gasteiger partial charge in [-0.05, 0) is 73.5 Å². The highest BCUT2D eigenvalue weighted by molar-refractivity contribution is 7.91. The molecule has 1 aromatic heterocycles. The lowest BCUT2D eigenvalue weighted by Crippen LogP contribution is -2.05. The molecule has 152 valence electrons. The quantitative estimate of drug-likeness (QED) is 0.448. The minimum Gasteiger partial charge on any atom is -0.419 e. The molecule has 0 saturated carbocycles. The van der Waals surface area contributed by atoms with Gasteiger partial charge in [-0.3, -0.25) is 0 Å². The van der Waals surface area contributed by atoms with Crippen molar-refractivity contribution in [3.05, 3.63) is 89.7 Å². The number of benzene rings is 3. The average Bonchev–Trinajstić information content (AvgIpc) is 3.13. The number of sulfone groups is 1. The van der Waals surface area contributed by atoms with Gasteiger partial charge in [0.15, 0.2) is 0 Å². The second-order valence-electron chi connectivity index (χ2n) is 6.98. The lowest BCUT2D eigenvalue weighted by atomic mass is 10.1. The molecule has 1 heterocycles. The van der Waals surface area contributed by atoms with Gasteiger partial charge in [0.05, 0.1) is 4.90 Å². The van der Waals surface area contributed by atoms with Crippen LogP contribution in [0.2, 0.25) is 0 Å². The third kappa shape index (κ3) is 3.97. The van der Waals surface area contributed by atoms with Crippen LogP contribution in [0.15, 0.2) is 87.1 Å². The number of hydrogen-bond donors (Lipinski definition) is 1. The van der Waals surface area contributed by atoms with Crippen LogP contribution < -0.4 is 5.32 Å². The van der Waals surface area contributed by atoms with Crippen LogP contribution in [0.3, 0.4) is 0 Å². The van der Waals surface area contributed by atoms with Gasteiger partial charge in [-0.15, -0.1) is 0 Å². The van der Waals surface area contributed by atoms with Gasteiger partial charge in [0, 0.05) is 11.3 Å². The second kappa shape index (κ2) is 7.76. The molecule has 4 rings (SSSR count). The minimum absolute atomic E-state index is 0.00294. The van der Waals surface area contributed by atoms with Crippen LogP contribution in [0.25, 0.3) is 11.5 Å². The fraction of sp³-hybridized carbons (Fsp3) is 0.0870. The number of aryl methyl sites for hydroxylation is 2. The number of nitrogens with one attached hydrogen (secondary N) is 1. The summed E-state index contributed by atoms with van der Waals surface area (Å²) in [5.74, 6) is -0.324. The van der Waals surface area contributed by atoms with Crippen molar-refractivity contribution in [2.45, 2.75) is 23.8 Å². The number of hydrogen-bond acceptors (Lipinski definition) is 5. The van der Waals surface area contributed by atoms with Crippen LogP contribution in [-0.2, 0) is 9.84 Å². The summed E-state index contributed by atoms with van der Waals surface area (Å²) in [4.78, 5) is 4.36. The Bertz CT molecular complexity index is 1280. The lowest BCUT2D eigenvalue weighted by Gasteiger charge is -2.08. The number of nitrogens with zero attached hydrogens (tertiary/aromatic N) is 1. The fourth-order valence-corrected chi connectivity index (χ4v) is 4.45. The third-order valence-electron chi connectivity index (χ3n) is 4.47. The van der Waals surface area contributed by atoms with E-state index >= 15 is 0 Å². The molecule has 4 aromatic rings. The molecule has 0 unspecified atom stereocenters. The molecule has 5 nitrogen and oxygen atoms in total. The molecule has 7 heteroatoms. The first kappa shape index (κ1) is 19.8.